The van der Waals surface area contributed by atoms with Crippen LogP contribution in [0.2, 0.25) is 0 Å². The summed E-state index contributed by atoms with van der Waals surface area (Å²) in [5.41, 5.74) is 0.320. The number of ether oxygens (including phenoxy) is 2. The second-order valence-electron chi connectivity index (χ2n) is 11.3. The minimum absolute atomic E-state index is 0.139. The van der Waals surface area contributed by atoms with Gasteiger partial charge in [0.25, 0.3) is 0 Å². The fraction of sp³-hybridized carbons (Fsp3) is 0.545. The van der Waals surface area contributed by atoms with Crippen molar-refractivity contribution >= 4 is 49.6 Å². The third-order valence-electron chi connectivity index (χ3n) is 7.29. The second kappa shape index (κ2) is 18.5. The summed E-state index contributed by atoms with van der Waals surface area (Å²) in [6, 6.07) is 14.1. The largest absolute Gasteiger partial charge is 0.462 e. The normalized spacial score (nSPS) is 14.1. The van der Waals surface area contributed by atoms with Crippen LogP contribution >= 0.6 is 31.9 Å². The minimum Gasteiger partial charge on any atom is -0.462 e. The highest BCUT2D eigenvalue weighted by atomic mass is 79.9. The number of carbonyl (C=O) groups excluding carboxylic acids is 3. The molecule has 6 nitrogen and oxygen atoms in total. The molecule has 0 bridgehead atoms. The van der Waals surface area contributed by atoms with Gasteiger partial charge in [-0.25, -0.2) is 9.59 Å². The van der Waals surface area contributed by atoms with Gasteiger partial charge in [0.15, 0.2) is 0 Å². The van der Waals surface area contributed by atoms with Crippen LogP contribution in [0.1, 0.15) is 106 Å². The van der Waals surface area contributed by atoms with Crippen molar-refractivity contribution in [3.63, 3.8) is 0 Å². The lowest BCUT2D eigenvalue weighted by Gasteiger charge is -2.24. The van der Waals surface area contributed by atoms with E-state index in [0.717, 1.165) is 53.9 Å². The summed E-state index contributed by atoms with van der Waals surface area (Å²) in [4.78, 5) is 36.7. The maximum atomic E-state index is 12.4. The average Bonchev–Trinajstić information content (AvgIpc) is 2.93. The summed E-state index contributed by atoms with van der Waals surface area (Å²) < 4.78 is 12.6. The molecule has 8 heteroatoms. The lowest BCUT2D eigenvalue weighted by atomic mass is 9.90. The smallest absolute Gasteiger partial charge is 0.338 e. The van der Waals surface area contributed by atoms with Crippen molar-refractivity contribution < 1.29 is 29.0 Å². The summed E-state index contributed by atoms with van der Waals surface area (Å²) >= 11 is 6.70. The first-order valence-corrected chi connectivity index (χ1v) is 16.2. The molecule has 1 N–H and O–H groups in total. The Labute approximate surface area is 261 Å². The molecule has 0 amide bonds. The van der Waals surface area contributed by atoms with Crippen LogP contribution in [-0.4, -0.2) is 41.6 Å². The zero-order valence-electron chi connectivity index (χ0n) is 24.5. The standard InChI is InChI=1S/C33H44Br2O6/c1-24(23-41-32(38)27-13-17-29(35)18-14-27)9-8-21-33(3,39)20-7-5-4-6-10-30(36)25(2)19-22-40-31(37)26-11-15-28(34)16-12-26/h11-18,24-25,39H,4-10,19-23H2,1-3H3. The van der Waals surface area contributed by atoms with Crippen molar-refractivity contribution in [2.75, 3.05) is 13.2 Å². The number of rotatable bonds is 19. The number of Topliss-reactive ketones (excluding diaryl/α,β-unsaturated/α-hetero) is 1. The number of aliphatic hydroxyl groups is 1. The molecule has 3 atom stereocenters. The molecule has 0 heterocycles. The number of hydrogen-bond donors (Lipinski definition) is 1. The van der Waals surface area contributed by atoms with Crippen LogP contribution in [0.5, 0.6) is 0 Å². The number of benzene rings is 2. The van der Waals surface area contributed by atoms with E-state index < -0.39 is 5.60 Å². The van der Waals surface area contributed by atoms with Crippen molar-refractivity contribution in [3.8, 4) is 0 Å². The molecule has 0 saturated carbocycles. The molecule has 0 aliphatic rings. The number of carbonyl (C=O) groups is 3. The van der Waals surface area contributed by atoms with Crippen LogP contribution in [0.3, 0.4) is 0 Å². The van der Waals surface area contributed by atoms with Gasteiger partial charge in [0.1, 0.15) is 5.78 Å². The first-order valence-electron chi connectivity index (χ1n) is 14.6. The Kier molecular flexibility index (Phi) is 15.9. The summed E-state index contributed by atoms with van der Waals surface area (Å²) in [5.74, 6) is -0.400. The summed E-state index contributed by atoms with van der Waals surface area (Å²) in [6.07, 6.45) is 7.93. The van der Waals surface area contributed by atoms with E-state index in [1.807, 2.05) is 26.0 Å². The van der Waals surface area contributed by atoms with Gasteiger partial charge in [-0.15, -0.1) is 0 Å². The zero-order valence-corrected chi connectivity index (χ0v) is 27.7. The van der Waals surface area contributed by atoms with Crippen LogP contribution in [0.15, 0.2) is 57.5 Å². The summed E-state index contributed by atoms with van der Waals surface area (Å²) in [6.45, 7) is 6.43. The van der Waals surface area contributed by atoms with Gasteiger partial charge in [0, 0.05) is 21.3 Å². The van der Waals surface area contributed by atoms with Crippen LogP contribution in [0, 0.1) is 11.8 Å². The predicted molar refractivity (Wildman–Crippen MR) is 169 cm³/mol. The van der Waals surface area contributed by atoms with Crippen molar-refractivity contribution in [2.45, 2.75) is 90.6 Å². The molecule has 41 heavy (non-hydrogen) atoms. The first kappa shape index (κ1) is 35.2. The number of unbranched alkanes of at least 4 members (excludes halogenated alkanes) is 3. The van der Waals surface area contributed by atoms with E-state index in [1.165, 1.54) is 0 Å². The van der Waals surface area contributed by atoms with Gasteiger partial charge in [0.05, 0.1) is 29.9 Å². The van der Waals surface area contributed by atoms with E-state index in [0.29, 0.717) is 37.0 Å². The molecule has 226 valence electrons. The SMILES string of the molecule is CC(CCCC(C)(O)CCCCCCC(=O)C(C)CCOC(=O)c1ccc(Br)cc1)COC(=O)c1ccc(Br)cc1. The number of ketones is 1. The molecule has 0 saturated heterocycles. The van der Waals surface area contributed by atoms with Crippen molar-refractivity contribution in [3.05, 3.63) is 68.6 Å². The Morgan fingerprint density at radius 3 is 1.85 bits per heavy atom. The topological polar surface area (TPSA) is 89.9 Å². The van der Waals surface area contributed by atoms with Crippen LogP contribution in [0.25, 0.3) is 0 Å². The molecule has 2 aromatic rings. The fourth-order valence-electron chi connectivity index (χ4n) is 4.49. The van der Waals surface area contributed by atoms with E-state index in [-0.39, 0.29) is 36.2 Å². The van der Waals surface area contributed by atoms with E-state index in [4.69, 9.17) is 9.47 Å². The van der Waals surface area contributed by atoms with Crippen molar-refractivity contribution in [1.29, 1.82) is 0 Å². The molecule has 0 aliphatic heterocycles. The van der Waals surface area contributed by atoms with E-state index >= 15 is 0 Å². The van der Waals surface area contributed by atoms with Crippen molar-refractivity contribution in [2.24, 2.45) is 11.8 Å². The zero-order chi connectivity index (χ0) is 30.3. The van der Waals surface area contributed by atoms with E-state index in [9.17, 15) is 19.5 Å². The second-order valence-corrected chi connectivity index (χ2v) is 13.1. The molecule has 0 fully saturated rings. The lowest BCUT2D eigenvalue weighted by Crippen LogP contribution is -2.24. The number of halogens is 2. The van der Waals surface area contributed by atoms with Crippen molar-refractivity contribution in [1.82, 2.24) is 0 Å². The quantitative estimate of drug-likeness (QED) is 0.117. The highest BCUT2D eigenvalue weighted by Crippen LogP contribution is 2.24. The Morgan fingerprint density at radius 1 is 0.756 bits per heavy atom. The Balaban J connectivity index is 1.49. The third-order valence-corrected chi connectivity index (χ3v) is 8.35. The van der Waals surface area contributed by atoms with E-state index in [2.05, 4.69) is 38.8 Å². The molecule has 2 rings (SSSR count). The van der Waals surface area contributed by atoms with Gasteiger partial charge in [-0.2, -0.15) is 0 Å². The molecule has 3 unspecified atom stereocenters. The number of hydrogen-bond acceptors (Lipinski definition) is 6. The van der Waals surface area contributed by atoms with Gasteiger partial charge in [-0.1, -0.05) is 71.4 Å². The molecular formula is C33H44Br2O6. The average molecular weight is 697 g/mol. The van der Waals surface area contributed by atoms with Gasteiger partial charge in [-0.3, -0.25) is 4.79 Å². The maximum absolute atomic E-state index is 12.4. The van der Waals surface area contributed by atoms with E-state index in [1.54, 1.807) is 36.4 Å². The highest BCUT2D eigenvalue weighted by molar-refractivity contribution is 9.10. The number of esters is 2. The maximum Gasteiger partial charge on any atom is 0.338 e. The monoisotopic (exact) mass is 694 g/mol. The van der Waals surface area contributed by atoms with Crippen LogP contribution < -0.4 is 0 Å². The molecule has 0 spiro atoms. The Bertz CT molecular complexity index is 1080. The first-order chi connectivity index (χ1) is 19.5. The summed E-state index contributed by atoms with van der Waals surface area (Å²) in [7, 11) is 0. The predicted octanol–water partition coefficient (Wildman–Crippen LogP) is 8.72. The van der Waals surface area contributed by atoms with Gasteiger partial charge in [-0.05, 0) is 93.5 Å². The van der Waals surface area contributed by atoms with Crippen LogP contribution in [-0.2, 0) is 14.3 Å². The minimum atomic E-state index is -0.716. The lowest BCUT2D eigenvalue weighted by molar-refractivity contribution is -0.123. The molecular weight excluding hydrogens is 652 g/mol. The molecule has 2 aromatic carbocycles. The van der Waals surface area contributed by atoms with Gasteiger partial charge >= 0.3 is 11.9 Å². The highest BCUT2D eigenvalue weighted by Gasteiger charge is 2.20. The Morgan fingerprint density at radius 2 is 1.27 bits per heavy atom. The fourth-order valence-corrected chi connectivity index (χ4v) is 5.02. The molecule has 0 aromatic heterocycles. The third kappa shape index (κ3) is 14.6. The van der Waals surface area contributed by atoms with Crippen LogP contribution in [0.4, 0.5) is 0 Å². The van der Waals surface area contributed by atoms with Gasteiger partial charge in [0.2, 0.25) is 0 Å². The summed E-state index contributed by atoms with van der Waals surface area (Å²) in [5, 5.41) is 10.8. The molecule has 0 aliphatic carbocycles. The van der Waals surface area contributed by atoms with Gasteiger partial charge < -0.3 is 14.6 Å². The molecule has 0 radical (unpaired) electrons. The Hall–Kier alpha value is -2.03.